The number of hydrogen-bond acceptors (Lipinski definition) is 12. The number of aryl methyl sites for hydroxylation is 2. The Hall–Kier alpha value is -5.53. The molecule has 4 fully saturated rings. The van der Waals surface area contributed by atoms with E-state index in [1.807, 2.05) is 50.4 Å². The largest absolute Gasteiger partial charge is 0.507 e. The second-order valence-electron chi connectivity index (χ2n) is 16.6. The Morgan fingerprint density at radius 3 is 2.71 bits per heavy atom. The predicted octanol–water partition coefficient (Wildman–Crippen LogP) is 4.19. The third kappa shape index (κ3) is 5.30. The topological polar surface area (TPSA) is 193 Å². The number of phenols is 1. The molecule has 3 saturated heterocycles. The lowest BCUT2D eigenvalue weighted by molar-refractivity contribution is -0.848. The van der Waals surface area contributed by atoms with Crippen molar-refractivity contribution < 1.29 is 33.4 Å². The number of aromatic hydroxyl groups is 1. The number of nitrogens with zero attached hydrogens (tertiary/aromatic N) is 3. The fraction of sp³-hybridized carbons (Fsp3) is 0.405. The zero-order valence-corrected chi connectivity index (χ0v) is 31.0. The normalized spacial score (nSPS) is 29.5. The Balaban J connectivity index is 0.886. The van der Waals surface area contributed by atoms with E-state index >= 15 is 0 Å². The summed E-state index contributed by atoms with van der Waals surface area (Å²) in [6, 6.07) is 10.8. The first kappa shape index (κ1) is 34.0. The van der Waals surface area contributed by atoms with Crippen LogP contribution in [0.5, 0.6) is 11.5 Å². The van der Waals surface area contributed by atoms with Crippen molar-refractivity contribution in [1.29, 1.82) is 0 Å². The van der Waals surface area contributed by atoms with Crippen LogP contribution in [0.4, 0.5) is 11.6 Å². The van der Waals surface area contributed by atoms with Crippen LogP contribution in [0.1, 0.15) is 74.5 Å². The van der Waals surface area contributed by atoms with E-state index in [4.69, 9.17) is 30.1 Å². The summed E-state index contributed by atoms with van der Waals surface area (Å²) in [4.78, 5) is 42.3. The molecule has 282 valence electrons. The Kier molecular flexibility index (Phi) is 7.25. The number of nitrogen functional groups attached to an aromatic ring is 2. The molecule has 1 unspecified atom stereocenters. The third-order valence-corrected chi connectivity index (χ3v) is 12.7. The summed E-state index contributed by atoms with van der Waals surface area (Å²) in [6.07, 6.45) is 9.41. The molecule has 1 aromatic carbocycles. The summed E-state index contributed by atoms with van der Waals surface area (Å²) in [5.41, 5.74) is 15.6. The van der Waals surface area contributed by atoms with E-state index in [9.17, 15) is 14.7 Å². The summed E-state index contributed by atoms with van der Waals surface area (Å²) in [5.74, 6) is 0.859. The van der Waals surface area contributed by atoms with Crippen molar-refractivity contribution in [2.45, 2.75) is 94.7 Å². The van der Waals surface area contributed by atoms with Crippen LogP contribution in [-0.4, -0.2) is 56.2 Å². The minimum atomic E-state index is -1.08. The first-order valence-corrected chi connectivity index (χ1v) is 19.0. The van der Waals surface area contributed by atoms with Gasteiger partial charge in [-0.15, -0.1) is 0 Å². The lowest BCUT2D eigenvalue weighted by atomic mass is 9.58. The molecule has 9 heterocycles. The molecule has 1 saturated carbocycles. The van der Waals surface area contributed by atoms with Gasteiger partial charge in [0.1, 0.15) is 70.5 Å². The van der Waals surface area contributed by atoms with Gasteiger partial charge in [-0.2, -0.15) is 0 Å². The smallest absolute Gasteiger partial charge is 0.341 e. The van der Waals surface area contributed by atoms with Crippen LogP contribution in [-0.2, 0) is 27.2 Å². The van der Waals surface area contributed by atoms with E-state index in [0.717, 1.165) is 41.1 Å². The van der Waals surface area contributed by atoms with Crippen molar-refractivity contribution in [3.63, 3.8) is 0 Å². The Morgan fingerprint density at radius 1 is 1.04 bits per heavy atom. The number of phenolic OH excluding ortho intramolecular Hbond substituents is 1. The van der Waals surface area contributed by atoms with Crippen molar-refractivity contribution >= 4 is 34.3 Å². The minimum Gasteiger partial charge on any atom is -0.507 e. The number of carbonyl (C=O) groups is 1. The molecule has 3 aromatic heterocycles. The number of aliphatic imine (C=N–C) groups is 1. The van der Waals surface area contributed by atoms with E-state index in [2.05, 4.69) is 21.2 Å². The van der Waals surface area contributed by atoms with Crippen LogP contribution in [0.2, 0.25) is 0 Å². The standard InChI is InChI=1S/C42H42N6O7/c1-21-10-30(49)37-31(52-21)16-32-36(38(37)50)27-11-23-6-8-42(27,40(2,3)53-32)55-39(51)41(17-23)33(54-41)5-4-22-12-28(47-34(43)13-22)25-14-26(46-35(44)15-25)19-48-18-24-7-9-45-29(24)20-48/h7,9-10,12-16,18,23,27,33,50H,4-6,8,11,17,19-20H2,1-3H3,(H2,43,47)(H2,44,46)/p+1/t23-,27+,33-,41-,42-/m1/s1. The molecule has 4 aromatic rings. The number of aromatic nitrogens is 2. The molecule has 0 amide bonds. The maximum absolute atomic E-state index is 14.3. The van der Waals surface area contributed by atoms with Crippen LogP contribution < -0.4 is 26.5 Å². The quantitative estimate of drug-likeness (QED) is 0.164. The van der Waals surface area contributed by atoms with Crippen molar-refractivity contribution in [2.75, 3.05) is 18.0 Å². The number of benzene rings is 1. The monoisotopic (exact) mass is 743 g/mol. The van der Waals surface area contributed by atoms with Gasteiger partial charge < -0.3 is 35.2 Å². The summed E-state index contributed by atoms with van der Waals surface area (Å²) >= 11 is 0. The van der Waals surface area contributed by atoms with Gasteiger partial charge >= 0.3 is 5.97 Å². The highest BCUT2D eigenvalue weighted by atomic mass is 16.7. The maximum atomic E-state index is 14.3. The minimum absolute atomic E-state index is 0.110. The molecule has 13 nitrogen and oxygen atoms in total. The van der Waals surface area contributed by atoms with Crippen LogP contribution in [0, 0.1) is 12.8 Å². The van der Waals surface area contributed by atoms with E-state index in [-0.39, 0.29) is 40.1 Å². The fourth-order valence-corrected chi connectivity index (χ4v) is 10.1. The van der Waals surface area contributed by atoms with Gasteiger partial charge in [-0.1, -0.05) is 0 Å². The van der Waals surface area contributed by atoms with Crippen molar-refractivity contribution in [2.24, 2.45) is 10.9 Å². The van der Waals surface area contributed by atoms with E-state index in [1.165, 1.54) is 11.0 Å². The van der Waals surface area contributed by atoms with Crippen LogP contribution in [0.25, 0.3) is 22.2 Å². The first-order chi connectivity index (χ1) is 26.3. The molecule has 1 aliphatic carbocycles. The zero-order chi connectivity index (χ0) is 38.0. The number of carbonyl (C=O) groups excluding carboxylic acids is 1. The van der Waals surface area contributed by atoms with Gasteiger partial charge in [-0.25, -0.2) is 14.8 Å². The molecule has 6 atom stereocenters. The number of ether oxygens (including phenoxy) is 3. The highest BCUT2D eigenvalue weighted by Crippen LogP contribution is 2.64. The Bertz CT molecular complexity index is 2510. The van der Waals surface area contributed by atoms with Gasteiger partial charge in [0, 0.05) is 35.4 Å². The summed E-state index contributed by atoms with van der Waals surface area (Å²) < 4.78 is 25.4. The molecule has 6 N–H and O–H groups in total. The summed E-state index contributed by atoms with van der Waals surface area (Å²) in [6.45, 7) is 7.01. The van der Waals surface area contributed by atoms with Crippen molar-refractivity contribution in [3.8, 4) is 22.8 Å². The molecule has 2 spiro atoms. The average Bonchev–Trinajstić information content (AvgIpc) is 3.41. The van der Waals surface area contributed by atoms with Crippen LogP contribution >= 0.6 is 0 Å². The van der Waals surface area contributed by atoms with Crippen LogP contribution in [0.3, 0.4) is 0 Å². The van der Waals surface area contributed by atoms with Gasteiger partial charge in [-0.05, 0) is 101 Å². The van der Waals surface area contributed by atoms with Gasteiger partial charge in [-0.3, -0.25) is 14.7 Å². The molecule has 6 aliphatic heterocycles. The number of quaternary nitrogens is 1. The first-order valence-electron chi connectivity index (χ1n) is 19.0. The summed E-state index contributed by atoms with van der Waals surface area (Å²) in [7, 11) is 0. The van der Waals surface area contributed by atoms with Gasteiger partial charge in [0.2, 0.25) is 0 Å². The van der Waals surface area contributed by atoms with Crippen molar-refractivity contribution in [1.82, 2.24) is 9.97 Å². The highest BCUT2D eigenvalue weighted by molar-refractivity contribution is 6.06. The van der Waals surface area contributed by atoms with E-state index < -0.39 is 22.8 Å². The number of nitrogens with one attached hydrogen (secondary N) is 1. The second-order valence-corrected chi connectivity index (χ2v) is 16.6. The lowest BCUT2D eigenvalue weighted by Gasteiger charge is -2.58. The third-order valence-electron chi connectivity index (χ3n) is 12.7. The molecule has 7 aliphatic rings. The molecule has 55 heavy (non-hydrogen) atoms. The molecule has 13 heteroatoms. The molecule has 11 rings (SSSR count). The lowest BCUT2D eigenvalue weighted by Crippen LogP contribution is -3.05. The number of anilines is 2. The number of fused-ring (bicyclic) bond motifs is 5. The Morgan fingerprint density at radius 2 is 1.87 bits per heavy atom. The molecule has 2 bridgehead atoms. The second kappa shape index (κ2) is 11.7. The molecule has 0 radical (unpaired) electrons. The maximum Gasteiger partial charge on any atom is 0.341 e. The van der Waals surface area contributed by atoms with Gasteiger partial charge in [0.05, 0.1) is 23.1 Å². The number of pyridine rings is 2. The average molecular weight is 744 g/mol. The highest BCUT2D eigenvalue weighted by Gasteiger charge is 2.71. The van der Waals surface area contributed by atoms with Crippen molar-refractivity contribution in [3.05, 3.63) is 93.3 Å². The number of esters is 1. The number of rotatable bonds is 6. The number of hydrogen-bond donors (Lipinski definition) is 4. The predicted molar refractivity (Wildman–Crippen MR) is 204 cm³/mol. The number of epoxide rings is 1. The van der Waals surface area contributed by atoms with Gasteiger partial charge in [0.25, 0.3) is 0 Å². The summed E-state index contributed by atoms with van der Waals surface area (Å²) in [5, 5.41) is 11.8. The SMILES string of the molecule is Cc1cc(=O)c2c(O)c3c(cc2o1)OC(C)(C)[C@@]12CC[C@H](C[C@@H]31)C[C@]1(O[C@@H]1CCc1cc(N)nc(-c3cc(N)nc(C[NH+]4C=C5C=CN=C5C4)c3)c1)C(=O)O2. The zero-order valence-electron chi connectivity index (χ0n) is 31.0. The Labute approximate surface area is 316 Å². The number of allylic oxidation sites excluding steroid dienone is 1. The van der Waals surface area contributed by atoms with E-state index in [0.29, 0.717) is 73.1 Å². The van der Waals surface area contributed by atoms with Crippen LogP contribution in [0.15, 0.2) is 74.7 Å². The molecular weight excluding hydrogens is 700 g/mol. The fourth-order valence-electron chi connectivity index (χ4n) is 10.1. The van der Waals surface area contributed by atoms with Gasteiger partial charge in [0.15, 0.2) is 16.6 Å². The molecular formula is C42H43N6O7+. The van der Waals surface area contributed by atoms with E-state index in [1.54, 1.807) is 13.0 Å². The number of nitrogens with two attached hydrogens (primary N) is 2.